The zero-order valence-corrected chi connectivity index (χ0v) is 22.3. The Morgan fingerprint density at radius 1 is 0.861 bits per heavy atom. The van der Waals surface area contributed by atoms with E-state index in [0.717, 1.165) is 45.5 Å². The van der Waals surface area contributed by atoms with Crippen LogP contribution in [0, 0.1) is 23.8 Å². The van der Waals surface area contributed by atoms with Gasteiger partial charge in [-0.05, 0) is 29.4 Å². The van der Waals surface area contributed by atoms with Crippen molar-refractivity contribution in [3.05, 3.63) is 109 Å². The molecule has 0 bridgehead atoms. The summed E-state index contributed by atoms with van der Waals surface area (Å²) in [4.78, 5) is 13.6. The van der Waals surface area contributed by atoms with Crippen LogP contribution in [0.2, 0.25) is 0 Å². The van der Waals surface area contributed by atoms with E-state index in [9.17, 15) is 8.78 Å². The Hall–Kier alpha value is -3.54. The van der Waals surface area contributed by atoms with Crippen LogP contribution in [0.15, 0.2) is 79.0 Å². The molecule has 3 aromatic carbocycles. The molecule has 0 fully saturated rings. The molecule has 6 aromatic rings. The predicted octanol–water partition coefficient (Wildman–Crippen LogP) is 6.96. The number of hydrogen-bond acceptors (Lipinski definition) is 3. The second kappa shape index (κ2) is 10.2. The average Bonchev–Trinajstić information content (AvgIpc) is 3.24. The number of imidazole rings is 1. The summed E-state index contributed by atoms with van der Waals surface area (Å²) in [6.45, 7) is 6.55. The van der Waals surface area contributed by atoms with Crippen molar-refractivity contribution in [2.24, 2.45) is 0 Å². The number of para-hydroxylation sites is 2. The Bertz CT molecular complexity index is 1660. The molecule has 0 aliphatic rings. The van der Waals surface area contributed by atoms with Crippen LogP contribution in [-0.2, 0) is 25.5 Å². The number of aromatic nitrogens is 4. The van der Waals surface area contributed by atoms with Gasteiger partial charge in [-0.25, -0.2) is 0 Å². The van der Waals surface area contributed by atoms with Gasteiger partial charge >= 0.3 is 0 Å². The van der Waals surface area contributed by atoms with E-state index in [0.29, 0.717) is 5.69 Å². The number of halogens is 2. The van der Waals surface area contributed by atoms with Gasteiger partial charge in [-0.1, -0.05) is 62.1 Å². The van der Waals surface area contributed by atoms with Crippen LogP contribution in [0.25, 0.3) is 38.8 Å². The third-order valence-corrected chi connectivity index (χ3v) is 5.51. The molecule has 3 aromatic heterocycles. The number of nitrogens with zero attached hydrogens (tertiary/aromatic N) is 4. The van der Waals surface area contributed by atoms with Gasteiger partial charge in [0.25, 0.3) is 0 Å². The number of hydrogen-bond donors (Lipinski definition) is 0. The van der Waals surface area contributed by atoms with Gasteiger partial charge in [0.2, 0.25) is 0 Å². The normalized spacial score (nSPS) is 11.2. The first-order chi connectivity index (χ1) is 16.8. The van der Waals surface area contributed by atoms with Gasteiger partial charge in [-0.3, -0.25) is 18.7 Å². The Morgan fingerprint density at radius 2 is 1.61 bits per heavy atom. The first-order valence-electron chi connectivity index (χ1n) is 11.2. The minimum absolute atomic E-state index is 0. The van der Waals surface area contributed by atoms with Crippen molar-refractivity contribution < 1.29 is 28.9 Å². The Balaban J connectivity index is 0.000000178. The Morgan fingerprint density at radius 3 is 2.33 bits per heavy atom. The second-order valence-electron chi connectivity index (χ2n) is 9.13. The van der Waals surface area contributed by atoms with E-state index in [-0.39, 0.29) is 31.1 Å². The summed E-state index contributed by atoms with van der Waals surface area (Å²) in [6.07, 6.45) is 1.55. The molecule has 1 radical (unpaired) electrons. The van der Waals surface area contributed by atoms with Crippen molar-refractivity contribution in [3.63, 3.8) is 0 Å². The maximum atomic E-state index is 13.2. The zero-order chi connectivity index (χ0) is 24.6. The van der Waals surface area contributed by atoms with Crippen LogP contribution in [0.1, 0.15) is 26.6 Å². The summed E-state index contributed by atoms with van der Waals surface area (Å²) in [5.41, 5.74) is 4.55. The third kappa shape index (κ3) is 4.90. The third-order valence-electron chi connectivity index (χ3n) is 5.51. The van der Waals surface area contributed by atoms with Crippen LogP contribution >= 0.6 is 0 Å². The number of benzene rings is 3. The van der Waals surface area contributed by atoms with Crippen LogP contribution in [0.5, 0.6) is 0 Å². The second-order valence-corrected chi connectivity index (χ2v) is 9.13. The average molecular weight is 657 g/mol. The van der Waals surface area contributed by atoms with E-state index < -0.39 is 11.6 Å². The topological polar surface area (TPSA) is 43.1 Å². The van der Waals surface area contributed by atoms with E-state index >= 15 is 0 Å². The van der Waals surface area contributed by atoms with Crippen molar-refractivity contribution >= 4 is 27.6 Å². The molecule has 183 valence electrons. The number of rotatable bonds is 1. The van der Waals surface area contributed by atoms with E-state index in [1.54, 1.807) is 24.4 Å². The van der Waals surface area contributed by atoms with Gasteiger partial charge in [-0.15, -0.1) is 36.4 Å². The molecule has 0 N–H and O–H groups in total. The molecule has 0 saturated heterocycles. The molecule has 0 unspecified atom stereocenters. The molecule has 36 heavy (non-hydrogen) atoms. The van der Waals surface area contributed by atoms with Crippen LogP contribution in [0.3, 0.4) is 0 Å². The molecule has 7 heteroatoms. The smallest absolute Gasteiger partial charge is 0.102 e. The predicted molar refractivity (Wildman–Crippen MR) is 134 cm³/mol. The van der Waals surface area contributed by atoms with Gasteiger partial charge in [0, 0.05) is 43.4 Å². The Labute approximate surface area is 221 Å². The van der Waals surface area contributed by atoms with E-state index in [4.69, 9.17) is 9.97 Å². The van der Waals surface area contributed by atoms with E-state index in [1.807, 2.05) is 36.4 Å². The van der Waals surface area contributed by atoms with Crippen LogP contribution in [0.4, 0.5) is 8.78 Å². The summed E-state index contributed by atoms with van der Waals surface area (Å²) in [7, 11) is 0. The molecule has 0 aliphatic heterocycles. The summed E-state index contributed by atoms with van der Waals surface area (Å²) >= 11 is 0. The van der Waals surface area contributed by atoms with Crippen molar-refractivity contribution in [1.29, 1.82) is 0 Å². The van der Waals surface area contributed by atoms with Crippen molar-refractivity contribution in [3.8, 4) is 11.3 Å². The van der Waals surface area contributed by atoms with Crippen molar-refractivity contribution in [2.75, 3.05) is 0 Å². The van der Waals surface area contributed by atoms with E-state index in [1.165, 1.54) is 0 Å². The molecule has 0 aliphatic carbocycles. The molecular weight excluding hydrogens is 635 g/mol. The molecule has 3 heterocycles. The number of pyridine rings is 1. The fraction of sp³-hybridized carbons (Fsp3) is 0.138. The quantitative estimate of drug-likeness (QED) is 0.180. The monoisotopic (exact) mass is 657 g/mol. The van der Waals surface area contributed by atoms with Gasteiger partial charge in [-0.2, -0.15) is 0 Å². The van der Waals surface area contributed by atoms with Gasteiger partial charge in [0.15, 0.2) is 0 Å². The first-order valence-corrected chi connectivity index (χ1v) is 11.2. The minimum Gasteiger partial charge on any atom is -0.321 e. The van der Waals surface area contributed by atoms with Crippen molar-refractivity contribution in [1.82, 2.24) is 19.4 Å². The van der Waals surface area contributed by atoms with Crippen molar-refractivity contribution in [2.45, 2.75) is 26.2 Å². The fourth-order valence-electron chi connectivity index (χ4n) is 3.93. The molecule has 0 amide bonds. The van der Waals surface area contributed by atoms with Gasteiger partial charge in [0.05, 0.1) is 16.7 Å². The summed E-state index contributed by atoms with van der Waals surface area (Å²) in [6, 6.07) is 26.9. The zero-order valence-electron chi connectivity index (χ0n) is 19.9. The first kappa shape index (κ1) is 25.5. The summed E-state index contributed by atoms with van der Waals surface area (Å²) in [5.74, 6) is -0.260. The largest absolute Gasteiger partial charge is 0.321 e. The molecule has 4 nitrogen and oxygen atoms in total. The minimum atomic E-state index is -0.649. The fourth-order valence-corrected chi connectivity index (χ4v) is 3.93. The molecular formula is C29H22F2IrN4-2. The molecule has 0 atom stereocenters. The standard InChI is InChI=1S/C18H16N3.C11H6F2N.Ir/c1-18(2,3)17-20-13-9-5-4-8-12(13)16-19-14-10-6-7-11-15(14)21(16)17;12-8-4-5-9(10(13)7-8)11-3-1-2-6-14-11;/h4-7,9-11H,1-3H3;1-4,6-7H;/q2*-1;. The van der Waals surface area contributed by atoms with E-state index in [2.05, 4.69) is 48.4 Å². The molecule has 0 spiro atoms. The maximum Gasteiger partial charge on any atom is 0.102 e. The summed E-state index contributed by atoms with van der Waals surface area (Å²) in [5, 5.41) is 0.974. The SMILES string of the molecule is CC(C)(C)c1nc2ccc[c-]c2c2nc3ccccc3n12.Fc1c[c-]c(-c2ccccn2)c(F)c1.[Ir]. The van der Waals surface area contributed by atoms with Crippen LogP contribution < -0.4 is 0 Å². The number of fused-ring (bicyclic) bond motifs is 5. The molecule has 0 saturated carbocycles. The van der Waals surface area contributed by atoms with Gasteiger partial charge in [0.1, 0.15) is 5.82 Å². The summed E-state index contributed by atoms with van der Waals surface area (Å²) < 4.78 is 28.0. The van der Waals surface area contributed by atoms with Crippen LogP contribution in [-0.4, -0.2) is 19.4 Å². The Kier molecular flexibility index (Phi) is 7.25. The molecule has 6 rings (SSSR count). The van der Waals surface area contributed by atoms with Gasteiger partial charge < -0.3 is 9.38 Å². The maximum absolute atomic E-state index is 13.2.